The smallest absolute Gasteiger partial charge is 0.244 e. The summed E-state index contributed by atoms with van der Waals surface area (Å²) in [6.07, 6.45) is 3.24. The Morgan fingerprint density at radius 3 is 2.83 bits per heavy atom. The van der Waals surface area contributed by atoms with E-state index in [-0.39, 0.29) is 5.91 Å². The number of nitrogens with one attached hydrogen (secondary N) is 1. The number of aromatic nitrogens is 1. The fourth-order valence-electron chi connectivity index (χ4n) is 1.34. The molecule has 0 aliphatic heterocycles. The van der Waals surface area contributed by atoms with Crippen molar-refractivity contribution in [1.29, 1.82) is 0 Å². The molecule has 1 aromatic heterocycles. The van der Waals surface area contributed by atoms with E-state index in [0.29, 0.717) is 12.2 Å². The van der Waals surface area contributed by atoms with Gasteiger partial charge in [-0.05, 0) is 23.8 Å². The van der Waals surface area contributed by atoms with Crippen molar-refractivity contribution < 1.29 is 4.79 Å². The van der Waals surface area contributed by atoms with Gasteiger partial charge in [0.15, 0.2) is 0 Å². The van der Waals surface area contributed by atoms with Gasteiger partial charge in [0.25, 0.3) is 0 Å². The van der Waals surface area contributed by atoms with Crippen LogP contribution in [0.1, 0.15) is 11.3 Å². The van der Waals surface area contributed by atoms with Crippen LogP contribution in [-0.2, 0) is 11.3 Å². The molecule has 92 valence electrons. The number of hydrogen-bond acceptors (Lipinski definition) is 4. The number of benzene rings is 1. The third kappa shape index (κ3) is 3.71. The van der Waals surface area contributed by atoms with Crippen molar-refractivity contribution >= 4 is 29.0 Å². The van der Waals surface area contributed by atoms with Crippen molar-refractivity contribution in [3.8, 4) is 0 Å². The third-order valence-electron chi connectivity index (χ3n) is 2.29. The van der Waals surface area contributed by atoms with Crippen LogP contribution in [0.5, 0.6) is 0 Å². The van der Waals surface area contributed by atoms with Crippen LogP contribution >= 0.6 is 11.3 Å². The maximum absolute atomic E-state index is 11.5. The summed E-state index contributed by atoms with van der Waals surface area (Å²) in [4.78, 5) is 15.6. The SMILES string of the molecule is Nc1ccc(/C=C/C(=O)NCc2cscn2)cc1. The highest BCUT2D eigenvalue weighted by atomic mass is 32.1. The molecule has 3 N–H and O–H groups in total. The number of hydrogen-bond donors (Lipinski definition) is 2. The molecule has 2 aromatic rings. The zero-order chi connectivity index (χ0) is 12.8. The largest absolute Gasteiger partial charge is 0.399 e. The van der Waals surface area contributed by atoms with Gasteiger partial charge < -0.3 is 11.1 Å². The summed E-state index contributed by atoms with van der Waals surface area (Å²) in [7, 11) is 0. The van der Waals surface area contributed by atoms with Crippen LogP contribution in [0.25, 0.3) is 6.08 Å². The molecule has 0 fully saturated rings. The number of nitrogen functional groups attached to an aromatic ring is 1. The van der Waals surface area contributed by atoms with E-state index in [9.17, 15) is 4.79 Å². The molecule has 0 saturated heterocycles. The van der Waals surface area contributed by atoms with Crippen LogP contribution in [0, 0.1) is 0 Å². The second kappa shape index (κ2) is 5.97. The molecule has 2 rings (SSSR count). The maximum atomic E-state index is 11.5. The van der Waals surface area contributed by atoms with Crippen LogP contribution in [0.3, 0.4) is 0 Å². The average Bonchev–Trinajstić information content (AvgIpc) is 2.89. The molecule has 1 aromatic carbocycles. The summed E-state index contributed by atoms with van der Waals surface area (Å²) in [6, 6.07) is 7.32. The first kappa shape index (κ1) is 12.3. The molecule has 0 aliphatic rings. The van der Waals surface area contributed by atoms with E-state index in [1.165, 1.54) is 17.4 Å². The molecule has 0 saturated carbocycles. The van der Waals surface area contributed by atoms with E-state index in [1.54, 1.807) is 23.7 Å². The monoisotopic (exact) mass is 259 g/mol. The molecule has 5 heteroatoms. The quantitative estimate of drug-likeness (QED) is 0.652. The molecular weight excluding hydrogens is 246 g/mol. The topological polar surface area (TPSA) is 68.0 Å². The van der Waals surface area contributed by atoms with Crippen molar-refractivity contribution in [2.45, 2.75) is 6.54 Å². The van der Waals surface area contributed by atoms with Gasteiger partial charge in [0, 0.05) is 17.1 Å². The molecule has 1 heterocycles. The van der Waals surface area contributed by atoms with Crippen molar-refractivity contribution in [2.75, 3.05) is 5.73 Å². The van der Waals surface area contributed by atoms with Gasteiger partial charge in [0.2, 0.25) is 5.91 Å². The molecule has 1 amide bonds. The summed E-state index contributed by atoms with van der Waals surface area (Å²) in [5.41, 5.74) is 9.83. The van der Waals surface area contributed by atoms with Gasteiger partial charge in [0.1, 0.15) is 0 Å². The summed E-state index contributed by atoms with van der Waals surface area (Å²) >= 11 is 1.51. The number of nitrogens with zero attached hydrogens (tertiary/aromatic N) is 1. The van der Waals surface area contributed by atoms with Crippen LogP contribution in [-0.4, -0.2) is 10.9 Å². The second-order valence-corrected chi connectivity index (χ2v) is 4.42. The van der Waals surface area contributed by atoms with Gasteiger partial charge in [0.05, 0.1) is 17.7 Å². The van der Waals surface area contributed by atoms with Gasteiger partial charge in [-0.1, -0.05) is 12.1 Å². The average molecular weight is 259 g/mol. The fourth-order valence-corrected chi connectivity index (χ4v) is 1.90. The van der Waals surface area contributed by atoms with E-state index < -0.39 is 0 Å². The van der Waals surface area contributed by atoms with Crippen LogP contribution in [0.15, 0.2) is 41.2 Å². The molecule has 0 bridgehead atoms. The van der Waals surface area contributed by atoms with Crippen molar-refractivity contribution in [1.82, 2.24) is 10.3 Å². The van der Waals surface area contributed by atoms with Gasteiger partial charge in [-0.2, -0.15) is 0 Å². The number of thiazole rings is 1. The molecule has 0 unspecified atom stereocenters. The van der Waals surface area contributed by atoms with E-state index >= 15 is 0 Å². The highest BCUT2D eigenvalue weighted by Gasteiger charge is 1.97. The van der Waals surface area contributed by atoms with E-state index in [2.05, 4.69) is 10.3 Å². The Hall–Kier alpha value is -2.14. The Morgan fingerprint density at radius 2 is 2.17 bits per heavy atom. The highest BCUT2D eigenvalue weighted by Crippen LogP contribution is 2.06. The Labute approximate surface area is 109 Å². The first-order chi connectivity index (χ1) is 8.74. The molecular formula is C13H13N3OS. The minimum absolute atomic E-state index is 0.139. The Morgan fingerprint density at radius 1 is 1.39 bits per heavy atom. The molecule has 0 spiro atoms. The van der Waals surface area contributed by atoms with Gasteiger partial charge in [-0.15, -0.1) is 11.3 Å². The molecule has 0 atom stereocenters. The maximum Gasteiger partial charge on any atom is 0.244 e. The number of rotatable bonds is 4. The van der Waals surface area contributed by atoms with Gasteiger partial charge in [-0.3, -0.25) is 4.79 Å². The van der Waals surface area contributed by atoms with Crippen LogP contribution in [0.4, 0.5) is 5.69 Å². The van der Waals surface area contributed by atoms with Crippen molar-refractivity contribution in [2.24, 2.45) is 0 Å². The van der Waals surface area contributed by atoms with Crippen LogP contribution in [0.2, 0.25) is 0 Å². The molecule has 18 heavy (non-hydrogen) atoms. The standard InChI is InChI=1S/C13H13N3OS/c14-11-4-1-10(2-5-11)3-6-13(17)15-7-12-8-18-9-16-12/h1-6,8-9H,7,14H2,(H,15,17)/b6-3+. The van der Waals surface area contributed by atoms with Crippen LogP contribution < -0.4 is 11.1 Å². The molecule has 0 radical (unpaired) electrons. The molecule has 4 nitrogen and oxygen atoms in total. The third-order valence-corrected chi connectivity index (χ3v) is 2.93. The first-order valence-corrected chi connectivity index (χ1v) is 6.37. The lowest BCUT2D eigenvalue weighted by atomic mass is 10.2. The number of amides is 1. The normalized spacial score (nSPS) is 10.7. The summed E-state index contributed by atoms with van der Waals surface area (Å²) < 4.78 is 0. The lowest BCUT2D eigenvalue weighted by Gasteiger charge is -1.98. The second-order valence-electron chi connectivity index (χ2n) is 3.70. The molecule has 0 aliphatic carbocycles. The minimum atomic E-state index is -0.139. The van der Waals surface area contributed by atoms with Gasteiger partial charge in [-0.25, -0.2) is 4.98 Å². The predicted octanol–water partition coefficient (Wildman–Crippen LogP) is 2.05. The first-order valence-electron chi connectivity index (χ1n) is 5.42. The van der Waals surface area contributed by atoms with Gasteiger partial charge >= 0.3 is 0 Å². The summed E-state index contributed by atoms with van der Waals surface area (Å²) in [5.74, 6) is -0.139. The Balaban J connectivity index is 1.85. The lowest BCUT2D eigenvalue weighted by molar-refractivity contribution is -0.116. The Kier molecular flexibility index (Phi) is 4.09. The number of carbonyl (C=O) groups is 1. The fraction of sp³-hybridized carbons (Fsp3) is 0.0769. The predicted molar refractivity (Wildman–Crippen MR) is 73.8 cm³/mol. The number of anilines is 1. The minimum Gasteiger partial charge on any atom is -0.399 e. The van der Waals surface area contributed by atoms with E-state index in [0.717, 1.165) is 11.3 Å². The van der Waals surface area contributed by atoms with E-state index in [4.69, 9.17) is 5.73 Å². The van der Waals surface area contributed by atoms with E-state index in [1.807, 2.05) is 17.5 Å². The van der Waals surface area contributed by atoms with Crippen molar-refractivity contribution in [3.05, 3.63) is 52.5 Å². The highest BCUT2D eigenvalue weighted by molar-refractivity contribution is 7.07. The number of nitrogens with two attached hydrogens (primary N) is 1. The summed E-state index contributed by atoms with van der Waals surface area (Å²) in [6.45, 7) is 0.453. The zero-order valence-electron chi connectivity index (χ0n) is 9.67. The zero-order valence-corrected chi connectivity index (χ0v) is 10.5. The summed E-state index contributed by atoms with van der Waals surface area (Å²) in [5, 5.41) is 4.67. The number of carbonyl (C=O) groups excluding carboxylic acids is 1. The Bertz CT molecular complexity index is 532. The van der Waals surface area contributed by atoms with Crippen molar-refractivity contribution in [3.63, 3.8) is 0 Å². The lowest BCUT2D eigenvalue weighted by Crippen LogP contribution is -2.20.